The van der Waals surface area contributed by atoms with Gasteiger partial charge in [-0.2, -0.15) is 0 Å². The average molecular weight is 306 g/mol. The van der Waals surface area contributed by atoms with E-state index in [1.807, 2.05) is 18.3 Å². The van der Waals surface area contributed by atoms with Crippen molar-refractivity contribution >= 4 is 15.9 Å². The van der Waals surface area contributed by atoms with Crippen LogP contribution in [0, 0.1) is 0 Å². The number of aromatic amines is 1. The van der Waals surface area contributed by atoms with Crippen molar-refractivity contribution in [2.75, 3.05) is 6.54 Å². The molecule has 1 unspecified atom stereocenters. The van der Waals surface area contributed by atoms with Crippen LogP contribution in [0.15, 0.2) is 34.9 Å². The molecule has 1 aromatic carbocycles. The summed E-state index contributed by atoms with van der Waals surface area (Å²) in [6, 6.07) is 8.88. The maximum atomic E-state index is 4.47. The van der Waals surface area contributed by atoms with Gasteiger partial charge in [-0.3, -0.25) is 0 Å². The molecule has 3 rings (SSSR count). The van der Waals surface area contributed by atoms with Gasteiger partial charge in [-0.05, 0) is 37.1 Å². The fraction of sp³-hybridized carbons (Fsp3) is 0.357. The molecule has 2 heterocycles. The number of benzene rings is 1. The maximum Gasteiger partial charge on any atom is 0.108 e. The monoisotopic (exact) mass is 305 g/mol. The highest BCUT2D eigenvalue weighted by atomic mass is 79.9. The van der Waals surface area contributed by atoms with Crippen molar-refractivity contribution in [1.82, 2.24) is 15.3 Å². The van der Waals surface area contributed by atoms with Gasteiger partial charge in [0.1, 0.15) is 5.82 Å². The Kier molecular flexibility index (Phi) is 3.48. The van der Waals surface area contributed by atoms with Crippen LogP contribution in [0.1, 0.15) is 18.7 Å². The number of hydrogen-bond acceptors (Lipinski definition) is 2. The molecule has 1 saturated heterocycles. The first-order valence-corrected chi connectivity index (χ1v) is 7.14. The Morgan fingerprint density at radius 1 is 1.28 bits per heavy atom. The lowest BCUT2D eigenvalue weighted by atomic mass is 10.1. The number of hydrogen-bond donors (Lipinski definition) is 2. The van der Waals surface area contributed by atoms with Crippen LogP contribution in [-0.2, 0) is 6.42 Å². The van der Waals surface area contributed by atoms with Crippen LogP contribution < -0.4 is 5.32 Å². The second-order valence-electron chi connectivity index (χ2n) is 4.75. The van der Waals surface area contributed by atoms with Gasteiger partial charge >= 0.3 is 0 Å². The minimum absolute atomic E-state index is 0.592. The molecule has 2 aromatic rings. The van der Waals surface area contributed by atoms with E-state index < -0.39 is 0 Å². The van der Waals surface area contributed by atoms with Crippen LogP contribution in [0.25, 0.3) is 11.3 Å². The summed E-state index contributed by atoms with van der Waals surface area (Å²) < 4.78 is 1.10. The fourth-order valence-electron chi connectivity index (χ4n) is 2.41. The van der Waals surface area contributed by atoms with E-state index in [1.165, 1.54) is 18.4 Å². The number of H-pyrrole nitrogens is 1. The van der Waals surface area contributed by atoms with Gasteiger partial charge in [-0.25, -0.2) is 4.98 Å². The molecule has 3 nitrogen and oxygen atoms in total. The molecule has 1 atom stereocenters. The molecule has 94 valence electrons. The molecule has 1 aromatic heterocycles. The van der Waals surface area contributed by atoms with Gasteiger partial charge in [0.2, 0.25) is 0 Å². The van der Waals surface area contributed by atoms with E-state index in [2.05, 4.69) is 43.3 Å². The highest BCUT2D eigenvalue weighted by molar-refractivity contribution is 9.10. The average Bonchev–Trinajstić information content (AvgIpc) is 3.02. The minimum Gasteiger partial charge on any atom is -0.342 e. The molecule has 0 aliphatic carbocycles. The van der Waals surface area contributed by atoms with Gasteiger partial charge in [-0.1, -0.05) is 28.1 Å². The second-order valence-corrected chi connectivity index (χ2v) is 5.66. The standard InChI is InChI=1S/C14H16BrN3/c15-11-5-3-10(4-6-11)13-9-17-14(18-13)8-12-2-1-7-16-12/h3-6,9,12,16H,1-2,7-8H2,(H,17,18). The lowest BCUT2D eigenvalue weighted by Crippen LogP contribution is -2.24. The minimum atomic E-state index is 0.592. The van der Waals surface area contributed by atoms with E-state index in [4.69, 9.17) is 0 Å². The van der Waals surface area contributed by atoms with Gasteiger partial charge in [0.05, 0.1) is 11.9 Å². The van der Waals surface area contributed by atoms with Crippen LogP contribution in [0.5, 0.6) is 0 Å². The van der Waals surface area contributed by atoms with Crippen molar-refractivity contribution in [3.8, 4) is 11.3 Å². The molecule has 0 saturated carbocycles. The van der Waals surface area contributed by atoms with Gasteiger partial charge in [-0.15, -0.1) is 0 Å². The number of imidazole rings is 1. The second kappa shape index (κ2) is 5.24. The number of halogens is 1. The van der Waals surface area contributed by atoms with Crippen molar-refractivity contribution in [3.63, 3.8) is 0 Å². The normalized spacial score (nSPS) is 19.3. The third kappa shape index (κ3) is 2.65. The molecule has 18 heavy (non-hydrogen) atoms. The van der Waals surface area contributed by atoms with Crippen LogP contribution in [0.2, 0.25) is 0 Å². The van der Waals surface area contributed by atoms with Gasteiger partial charge in [0, 0.05) is 16.9 Å². The lowest BCUT2D eigenvalue weighted by Gasteiger charge is -2.06. The molecule has 0 amide bonds. The Morgan fingerprint density at radius 2 is 2.11 bits per heavy atom. The molecule has 1 fully saturated rings. The number of nitrogens with zero attached hydrogens (tertiary/aromatic N) is 1. The number of aromatic nitrogens is 2. The lowest BCUT2D eigenvalue weighted by molar-refractivity contribution is 0.589. The van der Waals surface area contributed by atoms with Crippen LogP contribution in [-0.4, -0.2) is 22.6 Å². The Balaban J connectivity index is 1.74. The Morgan fingerprint density at radius 3 is 2.83 bits per heavy atom. The Labute approximate surface area is 115 Å². The van der Waals surface area contributed by atoms with Crippen molar-refractivity contribution in [2.24, 2.45) is 0 Å². The molecule has 0 bridgehead atoms. The smallest absolute Gasteiger partial charge is 0.108 e. The Bertz CT molecular complexity index is 512. The zero-order valence-corrected chi connectivity index (χ0v) is 11.7. The first kappa shape index (κ1) is 11.9. The molecule has 1 aliphatic heterocycles. The van der Waals surface area contributed by atoms with Gasteiger partial charge < -0.3 is 10.3 Å². The molecule has 0 radical (unpaired) electrons. The first-order chi connectivity index (χ1) is 8.81. The van der Waals surface area contributed by atoms with Crippen molar-refractivity contribution in [3.05, 3.63) is 40.8 Å². The summed E-state index contributed by atoms with van der Waals surface area (Å²) in [6.07, 6.45) is 5.46. The summed E-state index contributed by atoms with van der Waals surface area (Å²) in [5.41, 5.74) is 2.27. The molecule has 2 N–H and O–H groups in total. The zero-order chi connectivity index (χ0) is 12.4. The summed E-state index contributed by atoms with van der Waals surface area (Å²) in [5.74, 6) is 1.08. The van der Waals surface area contributed by atoms with E-state index in [9.17, 15) is 0 Å². The summed E-state index contributed by atoms with van der Waals surface area (Å²) in [5, 5.41) is 3.50. The topological polar surface area (TPSA) is 40.7 Å². The summed E-state index contributed by atoms with van der Waals surface area (Å²) >= 11 is 3.45. The predicted octanol–water partition coefficient (Wildman–Crippen LogP) is 3.13. The first-order valence-electron chi connectivity index (χ1n) is 6.34. The van der Waals surface area contributed by atoms with Crippen LogP contribution >= 0.6 is 15.9 Å². The largest absolute Gasteiger partial charge is 0.342 e. The third-order valence-electron chi connectivity index (χ3n) is 3.39. The molecule has 1 aliphatic rings. The molecule has 4 heteroatoms. The highest BCUT2D eigenvalue weighted by Crippen LogP contribution is 2.20. The van der Waals surface area contributed by atoms with Crippen LogP contribution in [0.3, 0.4) is 0 Å². The molecular weight excluding hydrogens is 290 g/mol. The van der Waals surface area contributed by atoms with E-state index in [-0.39, 0.29) is 0 Å². The van der Waals surface area contributed by atoms with Gasteiger partial charge in [0.25, 0.3) is 0 Å². The molecular formula is C14H16BrN3. The van der Waals surface area contributed by atoms with E-state index in [0.717, 1.165) is 29.0 Å². The van der Waals surface area contributed by atoms with Crippen molar-refractivity contribution in [2.45, 2.75) is 25.3 Å². The highest BCUT2D eigenvalue weighted by Gasteiger charge is 2.16. The predicted molar refractivity (Wildman–Crippen MR) is 76.5 cm³/mol. The quantitative estimate of drug-likeness (QED) is 0.914. The zero-order valence-electron chi connectivity index (χ0n) is 10.1. The van der Waals surface area contributed by atoms with Crippen molar-refractivity contribution in [1.29, 1.82) is 0 Å². The number of rotatable bonds is 3. The van der Waals surface area contributed by atoms with Gasteiger partial charge in [0.15, 0.2) is 0 Å². The Hall–Kier alpha value is -1.13. The fourth-order valence-corrected chi connectivity index (χ4v) is 2.67. The number of nitrogens with one attached hydrogen (secondary N) is 2. The summed E-state index contributed by atoms with van der Waals surface area (Å²) in [6.45, 7) is 1.14. The maximum absolute atomic E-state index is 4.47. The van der Waals surface area contributed by atoms with E-state index in [0.29, 0.717) is 6.04 Å². The third-order valence-corrected chi connectivity index (χ3v) is 3.91. The summed E-state index contributed by atoms with van der Waals surface area (Å²) in [7, 11) is 0. The van der Waals surface area contributed by atoms with Crippen LogP contribution in [0.4, 0.5) is 0 Å². The summed E-state index contributed by atoms with van der Waals surface area (Å²) in [4.78, 5) is 7.88. The molecule has 0 spiro atoms. The van der Waals surface area contributed by atoms with E-state index in [1.54, 1.807) is 0 Å². The SMILES string of the molecule is Brc1ccc(-c2cnc(CC3CCCN3)[nH]2)cc1. The van der Waals surface area contributed by atoms with Crippen molar-refractivity contribution < 1.29 is 0 Å². The van der Waals surface area contributed by atoms with E-state index >= 15 is 0 Å².